The Bertz CT molecular complexity index is 1210. The summed E-state index contributed by atoms with van der Waals surface area (Å²) in [6.45, 7) is 0.384. The number of hydrogen-bond donors (Lipinski definition) is 2. The molecule has 2 aliphatic heterocycles. The maximum atomic E-state index is 12.5. The van der Waals surface area contributed by atoms with Gasteiger partial charge in [0.1, 0.15) is 0 Å². The van der Waals surface area contributed by atoms with Gasteiger partial charge in [-0.3, -0.25) is 9.59 Å². The van der Waals surface area contributed by atoms with Crippen LogP contribution in [0.15, 0.2) is 72.8 Å². The lowest BCUT2D eigenvalue weighted by Crippen LogP contribution is -2.13. The minimum Gasteiger partial charge on any atom is -0.454 e. The van der Waals surface area contributed by atoms with Crippen molar-refractivity contribution >= 4 is 35.3 Å². The predicted octanol–water partition coefficient (Wildman–Crippen LogP) is 4.45. The first-order valence-electron chi connectivity index (χ1n) is 10.5. The second kappa shape index (κ2) is 9.41. The first kappa shape index (κ1) is 21.1. The molecule has 2 amide bonds. The standard InChI is InChI=1S/C26H20N2O6/c29-25(11-7-17-5-9-21-23(13-17)33-15-31-21)27-19-3-1-2-4-20(19)28-26(30)12-8-18-6-10-22-24(14-18)34-16-32-22/h1-14H,15-16H2,(H,27,29)(H,28,30). The molecule has 2 aliphatic rings. The summed E-state index contributed by atoms with van der Waals surface area (Å²) in [5.41, 5.74) is 2.56. The summed E-state index contributed by atoms with van der Waals surface area (Å²) >= 11 is 0. The lowest BCUT2D eigenvalue weighted by atomic mass is 10.2. The summed E-state index contributed by atoms with van der Waals surface area (Å²) in [6, 6.07) is 17.8. The van der Waals surface area contributed by atoms with Gasteiger partial charge in [0.15, 0.2) is 23.0 Å². The Morgan fingerprint density at radius 2 is 1.06 bits per heavy atom. The van der Waals surface area contributed by atoms with Crippen molar-refractivity contribution in [1.82, 2.24) is 0 Å². The molecule has 3 aromatic rings. The summed E-state index contributed by atoms with van der Waals surface area (Å²) in [4.78, 5) is 24.9. The Kier molecular flexibility index (Phi) is 5.85. The maximum absolute atomic E-state index is 12.5. The number of benzene rings is 3. The second-order valence-electron chi connectivity index (χ2n) is 7.42. The zero-order valence-electron chi connectivity index (χ0n) is 17.9. The molecular weight excluding hydrogens is 436 g/mol. The molecule has 34 heavy (non-hydrogen) atoms. The summed E-state index contributed by atoms with van der Waals surface area (Å²) in [7, 11) is 0. The van der Waals surface area contributed by atoms with Crippen LogP contribution in [-0.4, -0.2) is 25.4 Å². The quantitative estimate of drug-likeness (QED) is 0.533. The van der Waals surface area contributed by atoms with Crippen molar-refractivity contribution < 1.29 is 28.5 Å². The van der Waals surface area contributed by atoms with E-state index in [9.17, 15) is 9.59 Å². The lowest BCUT2D eigenvalue weighted by molar-refractivity contribution is -0.112. The summed E-state index contributed by atoms with van der Waals surface area (Å²) in [6.07, 6.45) is 6.17. The molecule has 0 bridgehead atoms. The summed E-state index contributed by atoms with van der Waals surface area (Å²) in [5, 5.41) is 5.58. The van der Waals surface area contributed by atoms with Crippen LogP contribution in [0.5, 0.6) is 23.0 Å². The van der Waals surface area contributed by atoms with Crippen molar-refractivity contribution in [3.05, 3.63) is 83.9 Å². The van der Waals surface area contributed by atoms with Gasteiger partial charge in [-0.1, -0.05) is 24.3 Å². The van der Waals surface area contributed by atoms with Crippen molar-refractivity contribution in [2.24, 2.45) is 0 Å². The molecule has 0 fully saturated rings. The van der Waals surface area contributed by atoms with Crippen LogP contribution < -0.4 is 29.6 Å². The number of carbonyl (C=O) groups is 2. The van der Waals surface area contributed by atoms with Gasteiger partial charge in [0, 0.05) is 12.2 Å². The number of para-hydroxylation sites is 2. The molecule has 0 saturated carbocycles. The van der Waals surface area contributed by atoms with Crippen LogP contribution in [0.4, 0.5) is 11.4 Å². The third-order valence-electron chi connectivity index (χ3n) is 5.09. The molecule has 0 atom stereocenters. The van der Waals surface area contributed by atoms with E-state index in [1.54, 1.807) is 60.7 Å². The zero-order valence-corrected chi connectivity index (χ0v) is 17.9. The number of rotatable bonds is 6. The Balaban J connectivity index is 1.21. The second-order valence-corrected chi connectivity index (χ2v) is 7.42. The highest BCUT2D eigenvalue weighted by Crippen LogP contribution is 2.33. The van der Waals surface area contributed by atoms with Gasteiger partial charge in [-0.25, -0.2) is 0 Å². The number of nitrogens with one attached hydrogen (secondary N) is 2. The van der Waals surface area contributed by atoms with Gasteiger partial charge >= 0.3 is 0 Å². The molecule has 5 rings (SSSR count). The minimum atomic E-state index is -0.338. The van der Waals surface area contributed by atoms with Gasteiger partial charge in [-0.05, 0) is 59.7 Å². The number of anilines is 2. The van der Waals surface area contributed by atoms with E-state index in [-0.39, 0.29) is 25.4 Å². The highest BCUT2D eigenvalue weighted by Gasteiger charge is 2.13. The molecule has 0 radical (unpaired) electrons. The normalized spacial score (nSPS) is 13.4. The molecule has 0 spiro atoms. The van der Waals surface area contributed by atoms with Gasteiger partial charge in [-0.2, -0.15) is 0 Å². The number of ether oxygens (including phenoxy) is 4. The van der Waals surface area contributed by atoms with Crippen LogP contribution in [0.2, 0.25) is 0 Å². The Hall–Kier alpha value is -4.72. The molecule has 0 aliphatic carbocycles. The molecule has 2 heterocycles. The Morgan fingerprint density at radius 1 is 0.618 bits per heavy atom. The van der Waals surface area contributed by atoms with E-state index in [0.29, 0.717) is 34.4 Å². The van der Waals surface area contributed by atoms with Crippen LogP contribution in [0.1, 0.15) is 11.1 Å². The third-order valence-corrected chi connectivity index (χ3v) is 5.09. The zero-order chi connectivity index (χ0) is 23.3. The van der Waals surface area contributed by atoms with E-state index in [4.69, 9.17) is 18.9 Å². The van der Waals surface area contributed by atoms with E-state index in [1.165, 1.54) is 12.2 Å². The van der Waals surface area contributed by atoms with E-state index >= 15 is 0 Å². The Labute approximate surface area is 195 Å². The lowest BCUT2D eigenvalue weighted by Gasteiger charge is -2.10. The molecule has 8 nitrogen and oxygen atoms in total. The first-order valence-corrected chi connectivity index (χ1v) is 10.5. The highest BCUT2D eigenvalue weighted by atomic mass is 16.7. The van der Waals surface area contributed by atoms with Crippen LogP contribution in [-0.2, 0) is 9.59 Å². The van der Waals surface area contributed by atoms with Gasteiger partial charge < -0.3 is 29.6 Å². The van der Waals surface area contributed by atoms with E-state index in [0.717, 1.165) is 11.1 Å². The molecule has 0 aromatic heterocycles. The van der Waals surface area contributed by atoms with E-state index in [2.05, 4.69) is 10.6 Å². The minimum absolute atomic E-state index is 0.192. The fourth-order valence-corrected chi connectivity index (χ4v) is 3.43. The van der Waals surface area contributed by atoms with Crippen LogP contribution >= 0.6 is 0 Å². The van der Waals surface area contributed by atoms with Crippen molar-refractivity contribution in [2.75, 3.05) is 24.2 Å². The number of fused-ring (bicyclic) bond motifs is 2. The molecule has 170 valence electrons. The third kappa shape index (κ3) is 4.86. The average Bonchev–Trinajstić information content (AvgIpc) is 3.51. The van der Waals surface area contributed by atoms with Crippen molar-refractivity contribution in [2.45, 2.75) is 0 Å². The largest absolute Gasteiger partial charge is 0.454 e. The maximum Gasteiger partial charge on any atom is 0.248 e. The molecule has 0 unspecified atom stereocenters. The van der Waals surface area contributed by atoms with Crippen LogP contribution in [0.25, 0.3) is 12.2 Å². The summed E-state index contributed by atoms with van der Waals surface area (Å²) < 4.78 is 21.3. The van der Waals surface area contributed by atoms with Crippen molar-refractivity contribution in [3.63, 3.8) is 0 Å². The smallest absolute Gasteiger partial charge is 0.248 e. The van der Waals surface area contributed by atoms with Gasteiger partial charge in [-0.15, -0.1) is 0 Å². The van der Waals surface area contributed by atoms with Crippen molar-refractivity contribution in [1.29, 1.82) is 0 Å². The number of hydrogen-bond acceptors (Lipinski definition) is 6. The van der Waals surface area contributed by atoms with Crippen LogP contribution in [0, 0.1) is 0 Å². The van der Waals surface area contributed by atoms with Gasteiger partial charge in [0.2, 0.25) is 25.4 Å². The van der Waals surface area contributed by atoms with E-state index < -0.39 is 0 Å². The average molecular weight is 456 g/mol. The fraction of sp³-hybridized carbons (Fsp3) is 0.0769. The first-order chi connectivity index (χ1) is 16.6. The Morgan fingerprint density at radius 3 is 1.53 bits per heavy atom. The van der Waals surface area contributed by atoms with Crippen LogP contribution in [0.3, 0.4) is 0 Å². The molecule has 2 N–H and O–H groups in total. The van der Waals surface area contributed by atoms with E-state index in [1.807, 2.05) is 12.1 Å². The topological polar surface area (TPSA) is 95.1 Å². The predicted molar refractivity (Wildman–Crippen MR) is 127 cm³/mol. The van der Waals surface area contributed by atoms with Gasteiger partial charge in [0.05, 0.1) is 11.4 Å². The molecule has 3 aromatic carbocycles. The fourth-order valence-electron chi connectivity index (χ4n) is 3.43. The molecule has 8 heteroatoms. The van der Waals surface area contributed by atoms with Gasteiger partial charge in [0.25, 0.3) is 0 Å². The highest BCUT2D eigenvalue weighted by molar-refractivity contribution is 6.08. The molecule has 0 saturated heterocycles. The SMILES string of the molecule is O=C(C=Cc1ccc2c(c1)OCO2)Nc1ccccc1NC(=O)C=Cc1ccc2c(c1)OCO2. The number of amides is 2. The monoisotopic (exact) mass is 456 g/mol. The molecular formula is C26H20N2O6. The number of carbonyl (C=O) groups excluding carboxylic acids is 2. The summed E-state index contributed by atoms with van der Waals surface area (Å²) in [5.74, 6) is 1.97. The van der Waals surface area contributed by atoms with Crippen molar-refractivity contribution in [3.8, 4) is 23.0 Å².